The highest BCUT2D eigenvalue weighted by Crippen LogP contribution is 2.34. The Balaban J connectivity index is 1.35. The Morgan fingerprint density at radius 1 is 1.17 bits per heavy atom. The van der Waals surface area contributed by atoms with Crippen molar-refractivity contribution in [3.05, 3.63) is 77.0 Å². The molecule has 29 heavy (non-hydrogen) atoms. The number of para-hydroxylation sites is 1. The molecule has 2 aromatic carbocycles. The van der Waals surface area contributed by atoms with Crippen LogP contribution < -0.4 is 4.81 Å². The second-order valence-electron chi connectivity index (χ2n) is 7.25. The Labute approximate surface area is 168 Å². The quantitative estimate of drug-likeness (QED) is 0.572. The van der Waals surface area contributed by atoms with E-state index in [1.807, 2.05) is 48.5 Å². The molecule has 2 aliphatic heterocycles. The lowest BCUT2D eigenvalue weighted by atomic mass is 10.1. The van der Waals surface area contributed by atoms with E-state index >= 15 is 0 Å². The highest BCUT2D eigenvalue weighted by atomic mass is 19.1. The van der Waals surface area contributed by atoms with Crippen LogP contribution in [0.1, 0.15) is 17.5 Å². The Kier molecular flexibility index (Phi) is 5.62. The van der Waals surface area contributed by atoms with Crippen molar-refractivity contribution >= 4 is 17.9 Å². The van der Waals surface area contributed by atoms with Crippen molar-refractivity contribution in [1.29, 1.82) is 0 Å². The molecule has 2 aromatic rings. The minimum absolute atomic E-state index is 0.0864. The van der Waals surface area contributed by atoms with Gasteiger partial charge in [0.15, 0.2) is 11.8 Å². The number of hydrogen-bond acceptors (Lipinski definition) is 4. The molecule has 0 spiro atoms. The number of hydroxylamine groups is 2. The van der Waals surface area contributed by atoms with Crippen LogP contribution in [-0.4, -0.2) is 42.9 Å². The maximum Gasteiger partial charge on any atom is 0.410 e. The van der Waals surface area contributed by atoms with E-state index in [2.05, 4.69) is 0 Å². The maximum atomic E-state index is 14.8. The molecule has 2 aliphatic rings. The molecule has 7 heteroatoms. The number of carbonyl (C=O) groups excluding carboxylic acids is 1. The molecule has 6 nitrogen and oxygen atoms in total. The molecule has 0 aromatic heterocycles. The maximum absolute atomic E-state index is 14.8. The molecule has 1 amide bonds. The van der Waals surface area contributed by atoms with Gasteiger partial charge in [0.05, 0.1) is 6.54 Å². The first-order chi connectivity index (χ1) is 14.0. The largest absolute Gasteiger partial charge is 0.593 e. The van der Waals surface area contributed by atoms with Crippen molar-refractivity contribution in [1.82, 2.24) is 9.71 Å². The van der Waals surface area contributed by atoms with Crippen molar-refractivity contribution in [2.24, 2.45) is 0 Å². The smallest absolute Gasteiger partial charge is 0.410 e. The molecule has 1 saturated heterocycles. The van der Waals surface area contributed by atoms with E-state index < -0.39 is 23.2 Å². The van der Waals surface area contributed by atoms with E-state index in [1.54, 1.807) is 18.2 Å². The normalized spacial score (nSPS) is 26.1. The molecular formula is C22H23FN2O4. The van der Waals surface area contributed by atoms with Crippen LogP contribution in [0.25, 0.3) is 6.08 Å². The third-order valence-electron chi connectivity index (χ3n) is 5.20. The van der Waals surface area contributed by atoms with Crippen LogP contribution in [0.3, 0.4) is 0 Å². The number of quaternary nitrogens is 1. The van der Waals surface area contributed by atoms with Gasteiger partial charge < -0.3 is 14.8 Å². The molecule has 0 N–H and O–H groups in total. The summed E-state index contributed by atoms with van der Waals surface area (Å²) in [7, 11) is 0. The number of piperidine rings is 1. The summed E-state index contributed by atoms with van der Waals surface area (Å²) in [6, 6.07) is 16.5. The lowest BCUT2D eigenvalue weighted by Crippen LogP contribution is -2.55. The van der Waals surface area contributed by atoms with Crippen LogP contribution >= 0.6 is 0 Å². The number of benzene rings is 2. The number of likely N-dealkylation sites (tertiary alicyclic amines) is 1. The number of nitrogens with zero attached hydrogens (tertiary/aromatic N) is 2. The molecule has 0 bridgehead atoms. The Hall–Kier alpha value is -2.74. The Morgan fingerprint density at radius 2 is 1.93 bits per heavy atom. The fraction of sp³-hybridized carbons (Fsp3) is 0.318. The fourth-order valence-electron chi connectivity index (χ4n) is 3.65. The van der Waals surface area contributed by atoms with Crippen LogP contribution in [0.15, 0.2) is 60.7 Å². The van der Waals surface area contributed by atoms with Gasteiger partial charge in [-0.2, -0.15) is 9.65 Å². The van der Waals surface area contributed by atoms with Gasteiger partial charge >= 0.3 is 6.09 Å². The van der Waals surface area contributed by atoms with Crippen molar-refractivity contribution in [2.75, 3.05) is 19.6 Å². The summed E-state index contributed by atoms with van der Waals surface area (Å²) < 4.78 is 20.1. The predicted molar refractivity (Wildman–Crippen MR) is 108 cm³/mol. The molecular weight excluding hydrogens is 375 g/mol. The highest BCUT2D eigenvalue weighted by Gasteiger charge is 2.39. The Bertz CT molecular complexity index is 891. The average Bonchev–Trinajstić information content (AvgIpc) is 2.74. The van der Waals surface area contributed by atoms with Gasteiger partial charge in [-0.05, 0) is 23.8 Å². The van der Waals surface area contributed by atoms with E-state index in [-0.39, 0.29) is 32.7 Å². The molecule has 0 radical (unpaired) electrons. The highest BCUT2D eigenvalue weighted by molar-refractivity contribution is 5.69. The van der Waals surface area contributed by atoms with Crippen LogP contribution in [-0.2, 0) is 16.2 Å². The van der Waals surface area contributed by atoms with Gasteiger partial charge in [0.25, 0.3) is 0 Å². The van der Waals surface area contributed by atoms with Gasteiger partial charge in [0.2, 0.25) is 0 Å². The molecule has 1 unspecified atom stereocenters. The van der Waals surface area contributed by atoms with E-state index in [4.69, 9.17) is 9.57 Å². The summed E-state index contributed by atoms with van der Waals surface area (Å²) in [5.74, 6) is 0. The zero-order chi connectivity index (χ0) is 20.3. The number of fused-ring (bicyclic) bond motifs is 1. The zero-order valence-electron chi connectivity index (χ0n) is 15.9. The molecule has 152 valence electrons. The third-order valence-corrected chi connectivity index (χ3v) is 5.20. The number of amides is 1. The van der Waals surface area contributed by atoms with Gasteiger partial charge in [-0.25, -0.2) is 9.18 Å². The number of carbonyl (C=O) groups is 1. The number of ether oxygens (including phenoxy) is 1. The summed E-state index contributed by atoms with van der Waals surface area (Å²) in [6.07, 6.45) is 0.923. The van der Waals surface area contributed by atoms with Gasteiger partial charge in [-0.15, -0.1) is 0 Å². The standard InChI is InChI=1S/C22H23FN2O4/c23-19-15-24(22(26)28-16-17-7-2-1-3-8-17)13-12-21(19)29-25(27)14-6-10-18-9-4-5-11-20(18)25/h1-11,19,21H,12-16H2/t19-,21-,25?/m1/s1. The fourth-order valence-corrected chi connectivity index (χ4v) is 3.65. The lowest BCUT2D eigenvalue weighted by Gasteiger charge is -2.44. The van der Waals surface area contributed by atoms with E-state index in [0.29, 0.717) is 5.69 Å². The van der Waals surface area contributed by atoms with E-state index in [9.17, 15) is 14.4 Å². The van der Waals surface area contributed by atoms with Crippen molar-refractivity contribution in [2.45, 2.75) is 25.3 Å². The first kappa shape index (κ1) is 19.6. The molecule has 0 aliphatic carbocycles. The minimum Gasteiger partial charge on any atom is -0.593 e. The second-order valence-corrected chi connectivity index (χ2v) is 7.25. The zero-order valence-corrected chi connectivity index (χ0v) is 15.9. The summed E-state index contributed by atoms with van der Waals surface area (Å²) >= 11 is 0. The monoisotopic (exact) mass is 398 g/mol. The van der Waals surface area contributed by atoms with Crippen LogP contribution in [0, 0.1) is 5.21 Å². The molecule has 4 rings (SSSR count). The first-order valence-corrected chi connectivity index (χ1v) is 9.68. The lowest BCUT2D eigenvalue weighted by molar-refractivity contribution is -0.182. The summed E-state index contributed by atoms with van der Waals surface area (Å²) in [5.41, 5.74) is 2.10. The van der Waals surface area contributed by atoms with Gasteiger partial charge in [0.1, 0.15) is 19.3 Å². The molecule has 1 fully saturated rings. The minimum atomic E-state index is -1.46. The van der Waals surface area contributed by atoms with Crippen molar-refractivity contribution in [3.8, 4) is 0 Å². The molecule has 2 heterocycles. The number of halogens is 1. The topological polar surface area (TPSA) is 61.8 Å². The Morgan fingerprint density at radius 3 is 2.72 bits per heavy atom. The second kappa shape index (κ2) is 8.32. The van der Waals surface area contributed by atoms with Crippen molar-refractivity contribution < 1.29 is 18.8 Å². The van der Waals surface area contributed by atoms with E-state index in [0.717, 1.165) is 11.1 Å². The summed E-state index contributed by atoms with van der Waals surface area (Å²) in [6.45, 7) is 0.339. The van der Waals surface area contributed by atoms with E-state index in [1.165, 1.54) is 4.90 Å². The summed E-state index contributed by atoms with van der Waals surface area (Å²) in [4.78, 5) is 18.2. The number of alkyl halides is 1. The molecule has 0 saturated carbocycles. The summed E-state index contributed by atoms with van der Waals surface area (Å²) in [5, 5.41) is 13.2. The van der Waals surface area contributed by atoms with Gasteiger partial charge in [-0.3, -0.25) is 0 Å². The predicted octanol–water partition coefficient (Wildman–Crippen LogP) is 4.20. The van der Waals surface area contributed by atoms with Crippen LogP contribution in [0.2, 0.25) is 0 Å². The van der Waals surface area contributed by atoms with Gasteiger partial charge in [-0.1, -0.05) is 42.5 Å². The first-order valence-electron chi connectivity index (χ1n) is 9.68. The van der Waals surface area contributed by atoms with Gasteiger partial charge in [0, 0.05) is 24.6 Å². The van der Waals surface area contributed by atoms with Crippen LogP contribution in [0.5, 0.6) is 0 Å². The average molecular weight is 398 g/mol. The SMILES string of the molecule is O=C(OCc1ccccc1)N1CC[C@@H](O[N+]2([O-])CC=Cc3ccccc32)[C@H](F)C1. The number of hydrogen-bond donors (Lipinski definition) is 0. The third kappa shape index (κ3) is 4.32. The van der Waals surface area contributed by atoms with Crippen LogP contribution in [0.4, 0.5) is 14.9 Å². The number of rotatable bonds is 4. The molecule has 3 atom stereocenters. The van der Waals surface area contributed by atoms with Crippen molar-refractivity contribution in [3.63, 3.8) is 0 Å².